The van der Waals surface area contributed by atoms with Crippen LogP contribution in [0.4, 0.5) is 0 Å². The Bertz CT molecular complexity index is 391. The maximum absolute atomic E-state index is 12.1. The number of carbonyl (C=O) groups excluding carboxylic acids is 1. The van der Waals surface area contributed by atoms with E-state index in [2.05, 4.69) is 5.32 Å². The molecule has 0 aromatic heterocycles. The van der Waals surface area contributed by atoms with E-state index < -0.39 is 50.6 Å². The van der Waals surface area contributed by atoms with Crippen LogP contribution in [0.1, 0.15) is 6.92 Å². The van der Waals surface area contributed by atoms with Crippen molar-refractivity contribution in [3.8, 4) is 0 Å². The summed E-state index contributed by atoms with van der Waals surface area (Å²) in [5.41, 5.74) is 0. The highest BCUT2D eigenvalue weighted by atomic mass is 31.2. The number of hydrogen-bond donors (Lipinski definition) is 5. The quantitative estimate of drug-likeness (QED) is 0.360. The van der Waals surface area contributed by atoms with E-state index in [9.17, 15) is 24.7 Å². The van der Waals surface area contributed by atoms with Crippen molar-refractivity contribution in [1.29, 1.82) is 0 Å². The first-order valence-corrected chi connectivity index (χ1v) is 7.72. The minimum atomic E-state index is -3.65. The summed E-state index contributed by atoms with van der Waals surface area (Å²) in [6.07, 6.45) is -6.26. The Kier molecular flexibility index (Phi) is 6.08. The van der Waals surface area contributed by atoms with Gasteiger partial charge >= 0.3 is 7.60 Å². The average Bonchev–Trinajstić information content (AvgIpc) is 2.39. The fourth-order valence-electron chi connectivity index (χ4n) is 1.99. The van der Waals surface area contributed by atoms with Crippen LogP contribution in [-0.4, -0.2) is 76.7 Å². The van der Waals surface area contributed by atoms with Gasteiger partial charge in [-0.25, -0.2) is 0 Å². The molecule has 0 unspecified atom stereocenters. The van der Waals surface area contributed by atoms with Crippen molar-refractivity contribution in [3.05, 3.63) is 0 Å². The summed E-state index contributed by atoms with van der Waals surface area (Å²) < 4.78 is 21.9. The van der Waals surface area contributed by atoms with Crippen molar-refractivity contribution < 1.29 is 38.8 Å². The average molecular weight is 313 g/mol. The lowest BCUT2D eigenvalue weighted by atomic mass is 9.97. The van der Waals surface area contributed by atoms with Gasteiger partial charge in [-0.15, -0.1) is 0 Å². The van der Waals surface area contributed by atoms with Crippen molar-refractivity contribution in [3.63, 3.8) is 0 Å². The second-order valence-electron chi connectivity index (χ2n) is 4.58. The predicted octanol–water partition coefficient (Wildman–Crippen LogP) is -2.20. The zero-order chi connectivity index (χ0) is 15.5. The van der Waals surface area contributed by atoms with Gasteiger partial charge in [-0.2, -0.15) is 0 Å². The number of nitrogens with one attached hydrogen (secondary N) is 1. The number of rotatable bonds is 5. The molecule has 6 atom stereocenters. The zero-order valence-corrected chi connectivity index (χ0v) is 12.1. The van der Waals surface area contributed by atoms with E-state index in [4.69, 9.17) is 14.2 Å². The summed E-state index contributed by atoms with van der Waals surface area (Å²) >= 11 is 0. The normalized spacial score (nSPS) is 37.2. The predicted molar refractivity (Wildman–Crippen MR) is 67.1 cm³/mol. The molecule has 0 saturated carbocycles. The summed E-state index contributed by atoms with van der Waals surface area (Å²) in [6.45, 7) is 0.435. The molecule has 1 aliphatic heterocycles. The van der Waals surface area contributed by atoms with E-state index >= 15 is 0 Å². The Morgan fingerprint density at radius 2 is 2.15 bits per heavy atom. The Morgan fingerprint density at radius 3 is 2.60 bits per heavy atom. The Labute approximate surface area is 116 Å². The van der Waals surface area contributed by atoms with E-state index in [0.29, 0.717) is 0 Å². The molecular weight excluding hydrogens is 293 g/mol. The van der Waals surface area contributed by atoms with E-state index in [0.717, 1.165) is 7.11 Å². The molecule has 118 valence electrons. The Balaban J connectivity index is 3.01. The van der Waals surface area contributed by atoms with Crippen LogP contribution in [0.5, 0.6) is 0 Å². The SMILES string of the molecule is CO[P@@]1(=O)C[C@H](O)[C@@H](NC(C)=O)[C@H]([C@H](O)[C@@H](O)CO)O1. The third-order valence-corrected chi connectivity index (χ3v) is 4.97. The van der Waals surface area contributed by atoms with Crippen LogP contribution < -0.4 is 5.32 Å². The summed E-state index contributed by atoms with van der Waals surface area (Å²) in [7, 11) is -2.52. The molecule has 1 amide bonds. The van der Waals surface area contributed by atoms with Crippen molar-refractivity contribution >= 4 is 13.5 Å². The minimum absolute atomic E-state index is 0.354. The topological polar surface area (TPSA) is 146 Å². The fourth-order valence-corrected chi connectivity index (χ4v) is 3.62. The van der Waals surface area contributed by atoms with Crippen LogP contribution in [0.25, 0.3) is 0 Å². The second kappa shape index (κ2) is 6.95. The highest BCUT2D eigenvalue weighted by Crippen LogP contribution is 2.53. The molecule has 0 spiro atoms. The van der Waals surface area contributed by atoms with Crippen LogP contribution in [-0.2, 0) is 18.4 Å². The lowest BCUT2D eigenvalue weighted by Crippen LogP contribution is -2.61. The number of aliphatic hydroxyl groups is 4. The van der Waals surface area contributed by atoms with Gasteiger partial charge in [0.05, 0.1) is 24.9 Å². The summed E-state index contributed by atoms with van der Waals surface area (Å²) in [6, 6.07) is -1.08. The van der Waals surface area contributed by atoms with E-state index in [1.54, 1.807) is 0 Å². The zero-order valence-electron chi connectivity index (χ0n) is 11.2. The molecule has 0 aliphatic carbocycles. The van der Waals surface area contributed by atoms with Gasteiger partial charge in [0.15, 0.2) is 0 Å². The first-order chi connectivity index (χ1) is 9.24. The fraction of sp³-hybridized carbons (Fsp3) is 0.900. The highest BCUT2D eigenvalue weighted by molar-refractivity contribution is 7.54. The van der Waals surface area contributed by atoms with E-state index in [-0.39, 0.29) is 6.16 Å². The van der Waals surface area contributed by atoms with Gasteiger partial charge in [0.2, 0.25) is 5.91 Å². The van der Waals surface area contributed by atoms with Gasteiger partial charge in [0.1, 0.15) is 18.3 Å². The summed E-state index contributed by atoms with van der Waals surface area (Å²) in [5.74, 6) is -0.498. The van der Waals surface area contributed by atoms with Crippen LogP contribution in [0.15, 0.2) is 0 Å². The number of amides is 1. The molecule has 0 bridgehead atoms. The third kappa shape index (κ3) is 3.98. The molecule has 5 N–H and O–H groups in total. The summed E-state index contributed by atoms with van der Waals surface area (Å²) in [5, 5.41) is 40.5. The van der Waals surface area contributed by atoms with Gasteiger partial charge in [0.25, 0.3) is 0 Å². The van der Waals surface area contributed by atoms with Gasteiger partial charge in [-0.3, -0.25) is 9.36 Å². The van der Waals surface area contributed by atoms with Crippen molar-refractivity contribution in [2.75, 3.05) is 19.9 Å². The highest BCUT2D eigenvalue weighted by Gasteiger charge is 2.49. The first kappa shape index (κ1) is 17.5. The van der Waals surface area contributed by atoms with Crippen molar-refractivity contribution in [1.82, 2.24) is 5.32 Å². The first-order valence-electron chi connectivity index (χ1n) is 5.99. The smallest absolute Gasteiger partial charge is 0.333 e. The Hall–Kier alpha value is -0.540. The lowest BCUT2D eigenvalue weighted by Gasteiger charge is -2.41. The molecule has 0 aromatic rings. The molecule has 1 fully saturated rings. The van der Waals surface area contributed by atoms with Crippen LogP contribution in [0.3, 0.4) is 0 Å². The van der Waals surface area contributed by atoms with Crippen LogP contribution in [0.2, 0.25) is 0 Å². The van der Waals surface area contributed by atoms with Gasteiger partial charge in [-0.05, 0) is 0 Å². The minimum Gasteiger partial charge on any atom is -0.394 e. The maximum Gasteiger partial charge on any atom is 0.333 e. The second-order valence-corrected chi connectivity index (χ2v) is 6.74. The van der Waals surface area contributed by atoms with Gasteiger partial charge in [-0.1, -0.05) is 0 Å². The molecular formula is C10H20NO8P. The van der Waals surface area contributed by atoms with Crippen LogP contribution in [0, 0.1) is 0 Å². The van der Waals surface area contributed by atoms with Crippen molar-refractivity contribution in [2.24, 2.45) is 0 Å². The van der Waals surface area contributed by atoms with Crippen LogP contribution >= 0.6 is 7.60 Å². The lowest BCUT2D eigenvalue weighted by molar-refractivity contribution is -0.127. The Morgan fingerprint density at radius 1 is 1.55 bits per heavy atom. The molecule has 0 aromatic carbocycles. The van der Waals surface area contributed by atoms with E-state index in [1.165, 1.54) is 6.92 Å². The monoisotopic (exact) mass is 313 g/mol. The molecule has 1 heterocycles. The molecule has 10 heteroatoms. The number of aliphatic hydroxyl groups excluding tert-OH is 4. The molecule has 1 rings (SSSR count). The number of carbonyl (C=O) groups is 1. The standard InChI is InChI=1S/C10H20NO8P/c1-5(13)11-8-7(15)4-20(17,18-2)19-10(8)9(16)6(14)3-12/h6-10,12,14-16H,3-4H2,1-2H3,(H,11,13)/t6-,7-,8+,9+,10+,20-/m0/s1. The molecule has 20 heavy (non-hydrogen) atoms. The molecule has 9 nitrogen and oxygen atoms in total. The van der Waals surface area contributed by atoms with Crippen molar-refractivity contribution in [2.45, 2.75) is 37.4 Å². The third-order valence-electron chi connectivity index (χ3n) is 3.03. The maximum atomic E-state index is 12.1. The molecule has 1 saturated heterocycles. The molecule has 0 radical (unpaired) electrons. The number of hydrogen-bond acceptors (Lipinski definition) is 8. The largest absolute Gasteiger partial charge is 0.394 e. The van der Waals surface area contributed by atoms with Gasteiger partial charge in [0, 0.05) is 14.0 Å². The van der Waals surface area contributed by atoms with E-state index in [1.807, 2.05) is 0 Å². The summed E-state index contributed by atoms with van der Waals surface area (Å²) in [4.78, 5) is 11.1. The molecule has 1 aliphatic rings. The van der Waals surface area contributed by atoms with Gasteiger partial charge < -0.3 is 34.8 Å².